The third-order valence-electron chi connectivity index (χ3n) is 3.71. The van der Waals surface area contributed by atoms with Gasteiger partial charge in [0.15, 0.2) is 11.4 Å². The molecule has 134 valence electrons. The summed E-state index contributed by atoms with van der Waals surface area (Å²) < 4.78 is 11.1. The van der Waals surface area contributed by atoms with E-state index in [4.69, 9.17) is 4.74 Å². The van der Waals surface area contributed by atoms with E-state index in [1.54, 1.807) is 24.4 Å². The third kappa shape index (κ3) is 3.07. The molecule has 3 heterocycles. The number of anilines is 2. The predicted molar refractivity (Wildman–Crippen MR) is 92.8 cm³/mol. The SMILES string of the molecule is COC(=O)c1ccc(Nc2nc3c(OC)cccn3c(=O)c2CO)cn1. The van der Waals surface area contributed by atoms with E-state index >= 15 is 0 Å². The zero-order valence-electron chi connectivity index (χ0n) is 14.1. The minimum atomic E-state index is -0.556. The van der Waals surface area contributed by atoms with Crippen molar-refractivity contribution in [3.05, 3.63) is 58.3 Å². The molecule has 26 heavy (non-hydrogen) atoms. The highest BCUT2D eigenvalue weighted by Gasteiger charge is 2.15. The number of nitrogens with one attached hydrogen (secondary N) is 1. The van der Waals surface area contributed by atoms with Gasteiger partial charge in [-0.25, -0.2) is 14.8 Å². The molecule has 0 radical (unpaired) electrons. The molecule has 9 heteroatoms. The van der Waals surface area contributed by atoms with E-state index in [1.807, 2.05) is 0 Å². The van der Waals surface area contributed by atoms with Crippen molar-refractivity contribution in [3.8, 4) is 5.75 Å². The molecule has 0 atom stereocenters. The van der Waals surface area contributed by atoms with Crippen LogP contribution in [-0.4, -0.2) is 39.7 Å². The molecule has 3 rings (SSSR count). The molecular formula is C17H16N4O5. The van der Waals surface area contributed by atoms with Crippen LogP contribution in [0.3, 0.4) is 0 Å². The Morgan fingerprint density at radius 3 is 2.73 bits per heavy atom. The highest BCUT2D eigenvalue weighted by molar-refractivity contribution is 5.87. The van der Waals surface area contributed by atoms with Crippen LogP contribution in [0.1, 0.15) is 16.1 Å². The van der Waals surface area contributed by atoms with Gasteiger partial charge in [-0.05, 0) is 24.3 Å². The topological polar surface area (TPSA) is 115 Å². The van der Waals surface area contributed by atoms with Gasteiger partial charge < -0.3 is 19.9 Å². The summed E-state index contributed by atoms with van der Waals surface area (Å²) in [6, 6.07) is 6.39. The number of ether oxygens (including phenoxy) is 2. The zero-order chi connectivity index (χ0) is 18.7. The van der Waals surface area contributed by atoms with Gasteiger partial charge in [-0.2, -0.15) is 0 Å². The van der Waals surface area contributed by atoms with Crippen molar-refractivity contribution in [1.29, 1.82) is 0 Å². The van der Waals surface area contributed by atoms with Crippen molar-refractivity contribution in [1.82, 2.24) is 14.4 Å². The molecule has 0 aromatic carbocycles. The van der Waals surface area contributed by atoms with Gasteiger partial charge in [0.25, 0.3) is 5.56 Å². The fourth-order valence-corrected chi connectivity index (χ4v) is 2.41. The fraction of sp³-hybridized carbons (Fsp3) is 0.176. The minimum absolute atomic E-state index is 0.0906. The molecule has 9 nitrogen and oxygen atoms in total. The van der Waals surface area contributed by atoms with Crippen LogP contribution in [0.4, 0.5) is 11.5 Å². The summed E-state index contributed by atoms with van der Waals surface area (Å²) in [7, 11) is 2.74. The standard InChI is InChI=1S/C17H16N4O5/c1-25-13-4-3-7-21-15(13)20-14(11(9-22)16(21)23)19-10-5-6-12(18-8-10)17(24)26-2/h3-8,19,22H,9H2,1-2H3. The van der Waals surface area contributed by atoms with E-state index in [0.717, 1.165) is 0 Å². The summed E-state index contributed by atoms with van der Waals surface area (Å²) in [5.74, 6) is 0.0327. The summed E-state index contributed by atoms with van der Waals surface area (Å²) in [6.07, 6.45) is 2.95. The number of pyridine rings is 2. The predicted octanol–water partition coefficient (Wildman–Crippen LogP) is 1.12. The molecule has 3 aromatic rings. The highest BCUT2D eigenvalue weighted by atomic mass is 16.5. The molecule has 0 amide bonds. The maximum absolute atomic E-state index is 12.6. The number of carbonyl (C=O) groups is 1. The molecule has 0 saturated heterocycles. The van der Waals surface area contributed by atoms with E-state index < -0.39 is 18.1 Å². The number of hydrogen-bond acceptors (Lipinski definition) is 8. The largest absolute Gasteiger partial charge is 0.493 e. The Hall–Kier alpha value is -3.46. The van der Waals surface area contributed by atoms with Crippen LogP contribution in [0.25, 0.3) is 5.65 Å². The second-order valence-electron chi connectivity index (χ2n) is 5.22. The molecular weight excluding hydrogens is 340 g/mol. The zero-order valence-corrected chi connectivity index (χ0v) is 14.1. The van der Waals surface area contributed by atoms with E-state index in [9.17, 15) is 14.7 Å². The quantitative estimate of drug-likeness (QED) is 0.654. The summed E-state index contributed by atoms with van der Waals surface area (Å²) in [5.41, 5.74) is 0.608. The number of esters is 1. The smallest absolute Gasteiger partial charge is 0.356 e. The van der Waals surface area contributed by atoms with Gasteiger partial charge in [-0.1, -0.05) is 0 Å². The first-order valence-corrected chi connectivity index (χ1v) is 7.59. The lowest BCUT2D eigenvalue weighted by molar-refractivity contribution is 0.0594. The van der Waals surface area contributed by atoms with Crippen molar-refractivity contribution >= 4 is 23.1 Å². The van der Waals surface area contributed by atoms with Crippen LogP contribution in [0.15, 0.2) is 41.5 Å². The van der Waals surface area contributed by atoms with Crippen molar-refractivity contribution in [3.63, 3.8) is 0 Å². The molecule has 0 bridgehead atoms. The Labute approximate surface area is 147 Å². The van der Waals surface area contributed by atoms with Crippen LogP contribution in [-0.2, 0) is 11.3 Å². The Morgan fingerprint density at radius 2 is 2.12 bits per heavy atom. The number of aliphatic hydroxyl groups excluding tert-OH is 1. The summed E-state index contributed by atoms with van der Waals surface area (Å²) >= 11 is 0. The van der Waals surface area contributed by atoms with E-state index in [2.05, 4.69) is 20.0 Å². The number of aromatic nitrogens is 3. The molecule has 3 aromatic heterocycles. The number of nitrogens with zero attached hydrogens (tertiary/aromatic N) is 3. The number of fused-ring (bicyclic) bond motifs is 1. The van der Waals surface area contributed by atoms with Crippen LogP contribution >= 0.6 is 0 Å². The second kappa shape index (κ2) is 7.19. The van der Waals surface area contributed by atoms with Gasteiger partial charge in [0.05, 0.1) is 38.3 Å². The van der Waals surface area contributed by atoms with Crippen LogP contribution in [0.5, 0.6) is 5.75 Å². The number of aliphatic hydroxyl groups is 1. The van der Waals surface area contributed by atoms with Crippen LogP contribution < -0.4 is 15.6 Å². The van der Waals surface area contributed by atoms with Crippen LogP contribution in [0.2, 0.25) is 0 Å². The minimum Gasteiger partial charge on any atom is -0.493 e. The molecule has 2 N–H and O–H groups in total. The molecule has 0 aliphatic rings. The van der Waals surface area contributed by atoms with Crippen molar-refractivity contribution in [2.75, 3.05) is 19.5 Å². The van der Waals surface area contributed by atoms with Crippen molar-refractivity contribution in [2.45, 2.75) is 6.61 Å². The Morgan fingerprint density at radius 1 is 1.31 bits per heavy atom. The van der Waals surface area contributed by atoms with Crippen molar-refractivity contribution < 1.29 is 19.4 Å². The monoisotopic (exact) mass is 356 g/mol. The van der Waals surface area contributed by atoms with Gasteiger partial charge in [-0.3, -0.25) is 9.20 Å². The Balaban J connectivity index is 2.06. The lowest BCUT2D eigenvalue weighted by atomic mass is 10.2. The van der Waals surface area contributed by atoms with Gasteiger partial charge in [0.1, 0.15) is 11.5 Å². The van der Waals surface area contributed by atoms with E-state index in [1.165, 1.54) is 30.9 Å². The summed E-state index contributed by atoms with van der Waals surface area (Å²) in [4.78, 5) is 32.4. The first kappa shape index (κ1) is 17.4. The average Bonchev–Trinajstić information content (AvgIpc) is 2.68. The van der Waals surface area contributed by atoms with E-state index in [0.29, 0.717) is 17.1 Å². The molecule has 0 fully saturated rings. The molecule has 0 saturated carbocycles. The Kier molecular flexibility index (Phi) is 4.81. The summed E-state index contributed by atoms with van der Waals surface area (Å²) in [5, 5.41) is 12.5. The lowest BCUT2D eigenvalue weighted by Crippen LogP contribution is -2.22. The van der Waals surface area contributed by atoms with Gasteiger partial charge in [0.2, 0.25) is 0 Å². The van der Waals surface area contributed by atoms with Gasteiger partial charge in [-0.15, -0.1) is 0 Å². The summed E-state index contributed by atoms with van der Waals surface area (Å²) in [6.45, 7) is -0.498. The number of rotatable bonds is 5. The lowest BCUT2D eigenvalue weighted by Gasteiger charge is -2.13. The number of carbonyl (C=O) groups excluding carboxylic acids is 1. The molecule has 0 unspecified atom stereocenters. The van der Waals surface area contributed by atoms with E-state index in [-0.39, 0.29) is 17.1 Å². The Bertz CT molecular complexity index is 1010. The first-order valence-electron chi connectivity index (χ1n) is 7.59. The fourth-order valence-electron chi connectivity index (χ4n) is 2.41. The maximum atomic E-state index is 12.6. The third-order valence-corrected chi connectivity index (χ3v) is 3.71. The number of methoxy groups -OCH3 is 2. The van der Waals surface area contributed by atoms with Crippen molar-refractivity contribution in [2.24, 2.45) is 0 Å². The van der Waals surface area contributed by atoms with Gasteiger partial charge >= 0.3 is 5.97 Å². The first-order chi connectivity index (χ1) is 12.6. The van der Waals surface area contributed by atoms with Gasteiger partial charge in [0, 0.05) is 6.20 Å². The second-order valence-corrected chi connectivity index (χ2v) is 5.22. The number of hydrogen-bond donors (Lipinski definition) is 2. The highest BCUT2D eigenvalue weighted by Crippen LogP contribution is 2.22. The maximum Gasteiger partial charge on any atom is 0.356 e. The normalized spacial score (nSPS) is 10.6. The van der Waals surface area contributed by atoms with Crippen LogP contribution in [0, 0.1) is 0 Å². The molecule has 0 aliphatic carbocycles. The average molecular weight is 356 g/mol. The molecule has 0 spiro atoms. The molecule has 0 aliphatic heterocycles.